The van der Waals surface area contributed by atoms with Crippen molar-refractivity contribution < 1.29 is 14.3 Å². The van der Waals surface area contributed by atoms with Gasteiger partial charge < -0.3 is 9.47 Å². The maximum Gasteiger partial charge on any atom is 0.284 e. The van der Waals surface area contributed by atoms with E-state index in [-0.39, 0.29) is 12.5 Å². The number of rotatable bonds is 2. The Morgan fingerprint density at radius 2 is 1.83 bits per heavy atom. The van der Waals surface area contributed by atoms with E-state index in [2.05, 4.69) is 22.7 Å². The smallest absolute Gasteiger partial charge is 0.284 e. The topological polar surface area (TPSA) is 59.9 Å². The van der Waals surface area contributed by atoms with E-state index < -0.39 is 6.10 Å². The number of hydrogen-bond acceptors (Lipinski definition) is 4. The Bertz CT molecular complexity index is 801. The molecule has 4 rings (SSSR count). The molecule has 1 amide bonds. The number of nitrogens with one attached hydrogen (secondary N) is 1. The fraction of sp³-hybridized carbons (Fsp3) is 0.263. The second-order valence-electron chi connectivity index (χ2n) is 5.91. The molecule has 122 valence electrons. The highest BCUT2D eigenvalue weighted by atomic mass is 16.6. The van der Waals surface area contributed by atoms with Crippen molar-refractivity contribution in [1.82, 2.24) is 5.43 Å². The highest BCUT2D eigenvalue weighted by Crippen LogP contribution is 2.30. The van der Waals surface area contributed by atoms with Gasteiger partial charge in [-0.25, -0.2) is 5.43 Å². The van der Waals surface area contributed by atoms with Crippen LogP contribution >= 0.6 is 0 Å². The van der Waals surface area contributed by atoms with Crippen LogP contribution in [0.5, 0.6) is 11.5 Å². The van der Waals surface area contributed by atoms with E-state index >= 15 is 0 Å². The second kappa shape index (κ2) is 6.35. The number of hydrazone groups is 1. The summed E-state index contributed by atoms with van der Waals surface area (Å²) in [5, 5.41) is 4.34. The number of hydrogen-bond donors (Lipinski definition) is 1. The third-order valence-corrected chi connectivity index (χ3v) is 4.29. The van der Waals surface area contributed by atoms with Gasteiger partial charge in [0.25, 0.3) is 5.91 Å². The molecule has 2 aromatic carbocycles. The Kier molecular flexibility index (Phi) is 3.91. The first-order chi connectivity index (χ1) is 11.8. The summed E-state index contributed by atoms with van der Waals surface area (Å²) in [6.45, 7) is 0.185. The highest BCUT2D eigenvalue weighted by Gasteiger charge is 2.27. The van der Waals surface area contributed by atoms with Crippen LogP contribution in [0.25, 0.3) is 0 Å². The summed E-state index contributed by atoms with van der Waals surface area (Å²) >= 11 is 0. The lowest BCUT2D eigenvalue weighted by Gasteiger charge is -2.25. The summed E-state index contributed by atoms with van der Waals surface area (Å²) in [5.41, 5.74) is 5.96. The Labute approximate surface area is 140 Å². The van der Waals surface area contributed by atoms with Crippen molar-refractivity contribution in [2.24, 2.45) is 5.10 Å². The highest BCUT2D eigenvalue weighted by molar-refractivity contribution is 6.03. The first-order valence-electron chi connectivity index (χ1n) is 8.14. The van der Waals surface area contributed by atoms with Gasteiger partial charge in [0, 0.05) is 5.56 Å². The van der Waals surface area contributed by atoms with Crippen molar-refractivity contribution in [1.29, 1.82) is 0 Å². The van der Waals surface area contributed by atoms with E-state index in [1.165, 1.54) is 5.56 Å². The first-order valence-corrected chi connectivity index (χ1v) is 8.14. The van der Waals surface area contributed by atoms with Crippen LogP contribution in [0.4, 0.5) is 0 Å². The Hall–Kier alpha value is -2.82. The summed E-state index contributed by atoms with van der Waals surface area (Å²) in [4.78, 5) is 12.3. The number of amides is 1. The van der Waals surface area contributed by atoms with E-state index in [9.17, 15) is 4.79 Å². The molecule has 24 heavy (non-hydrogen) atoms. The number of aryl methyl sites for hydroxylation is 1. The molecule has 0 aromatic heterocycles. The molecular weight excluding hydrogens is 304 g/mol. The van der Waals surface area contributed by atoms with E-state index in [0.29, 0.717) is 11.5 Å². The largest absolute Gasteiger partial charge is 0.485 e. The SMILES string of the molecule is O=C(NN=C1CCCc2ccccc21)C1COc2ccccc2O1. The zero-order valence-electron chi connectivity index (χ0n) is 13.2. The van der Waals surface area contributed by atoms with Crippen LogP contribution < -0.4 is 14.9 Å². The van der Waals surface area contributed by atoms with E-state index in [1.54, 1.807) is 6.07 Å². The molecule has 2 aliphatic rings. The van der Waals surface area contributed by atoms with Gasteiger partial charge in [0.2, 0.25) is 6.10 Å². The molecular formula is C19H18N2O3. The lowest BCUT2D eigenvalue weighted by molar-refractivity contribution is -0.130. The van der Waals surface area contributed by atoms with Crippen molar-refractivity contribution >= 4 is 11.6 Å². The van der Waals surface area contributed by atoms with Crippen LogP contribution in [0, 0.1) is 0 Å². The summed E-state index contributed by atoms with van der Waals surface area (Å²) in [6, 6.07) is 15.5. The average molecular weight is 322 g/mol. The normalized spacial score (nSPS) is 20.3. The lowest BCUT2D eigenvalue weighted by Crippen LogP contribution is -2.42. The van der Waals surface area contributed by atoms with E-state index in [0.717, 1.165) is 30.5 Å². The first kappa shape index (κ1) is 14.8. The number of nitrogens with zero attached hydrogens (tertiary/aromatic N) is 1. The molecule has 0 spiro atoms. The van der Waals surface area contributed by atoms with E-state index in [4.69, 9.17) is 9.47 Å². The molecule has 0 bridgehead atoms. The minimum atomic E-state index is -0.692. The molecule has 0 saturated carbocycles. The minimum absolute atomic E-state index is 0.185. The van der Waals surface area contributed by atoms with Crippen molar-refractivity contribution in [2.45, 2.75) is 25.4 Å². The zero-order chi connectivity index (χ0) is 16.4. The van der Waals surface area contributed by atoms with Gasteiger partial charge in [0.1, 0.15) is 6.61 Å². The van der Waals surface area contributed by atoms with Gasteiger partial charge in [-0.2, -0.15) is 5.10 Å². The molecule has 0 saturated heterocycles. The number of ether oxygens (including phenoxy) is 2. The maximum absolute atomic E-state index is 12.3. The van der Waals surface area contributed by atoms with Crippen LogP contribution in [-0.4, -0.2) is 24.3 Å². The van der Waals surface area contributed by atoms with Crippen molar-refractivity contribution in [2.75, 3.05) is 6.61 Å². The van der Waals surface area contributed by atoms with Gasteiger partial charge in [-0.3, -0.25) is 4.79 Å². The Morgan fingerprint density at radius 3 is 2.75 bits per heavy atom. The van der Waals surface area contributed by atoms with Crippen LogP contribution in [0.1, 0.15) is 24.0 Å². The maximum atomic E-state index is 12.3. The van der Waals surface area contributed by atoms with Crippen LogP contribution in [-0.2, 0) is 11.2 Å². The standard InChI is InChI=1S/C19H18N2O3/c22-19(18-12-23-16-10-3-4-11-17(16)24-18)21-20-15-9-5-7-13-6-1-2-8-14(13)15/h1-4,6,8,10-11,18H,5,7,9,12H2,(H,21,22). The number of carbonyl (C=O) groups excluding carboxylic acids is 1. The average Bonchev–Trinajstić information content (AvgIpc) is 2.65. The molecule has 5 heteroatoms. The zero-order valence-corrected chi connectivity index (χ0v) is 13.2. The number of para-hydroxylation sites is 2. The lowest BCUT2D eigenvalue weighted by atomic mass is 9.90. The quantitative estimate of drug-likeness (QED) is 0.865. The van der Waals surface area contributed by atoms with Gasteiger partial charge in [0.05, 0.1) is 5.71 Å². The van der Waals surface area contributed by atoms with E-state index in [1.807, 2.05) is 30.3 Å². The van der Waals surface area contributed by atoms with Gasteiger partial charge >= 0.3 is 0 Å². The molecule has 1 N–H and O–H groups in total. The predicted octanol–water partition coefficient (Wildman–Crippen LogP) is 2.68. The molecule has 1 atom stereocenters. The molecule has 2 aromatic rings. The molecule has 0 fully saturated rings. The van der Waals surface area contributed by atoms with Crippen molar-refractivity contribution in [3.05, 3.63) is 59.7 Å². The van der Waals surface area contributed by atoms with Gasteiger partial charge in [-0.1, -0.05) is 36.4 Å². The molecule has 1 heterocycles. The fourth-order valence-corrected chi connectivity index (χ4v) is 3.06. The number of benzene rings is 2. The van der Waals surface area contributed by atoms with Gasteiger partial charge in [-0.15, -0.1) is 0 Å². The van der Waals surface area contributed by atoms with Crippen LogP contribution in [0.15, 0.2) is 53.6 Å². The van der Waals surface area contributed by atoms with Crippen molar-refractivity contribution in [3.8, 4) is 11.5 Å². The second-order valence-corrected chi connectivity index (χ2v) is 5.91. The molecule has 5 nitrogen and oxygen atoms in total. The van der Waals surface area contributed by atoms with Gasteiger partial charge in [0.15, 0.2) is 11.5 Å². The third-order valence-electron chi connectivity index (χ3n) is 4.29. The number of fused-ring (bicyclic) bond motifs is 2. The third kappa shape index (κ3) is 2.85. The Balaban J connectivity index is 1.46. The van der Waals surface area contributed by atoms with Crippen LogP contribution in [0.3, 0.4) is 0 Å². The van der Waals surface area contributed by atoms with Crippen molar-refractivity contribution in [3.63, 3.8) is 0 Å². The summed E-state index contributed by atoms with van der Waals surface area (Å²) in [6.07, 6.45) is 2.27. The predicted molar refractivity (Wildman–Crippen MR) is 90.4 cm³/mol. The van der Waals surface area contributed by atoms with Gasteiger partial charge in [-0.05, 0) is 37.0 Å². The summed E-state index contributed by atoms with van der Waals surface area (Å²) in [5.74, 6) is 0.952. The van der Waals surface area contributed by atoms with Crippen LogP contribution in [0.2, 0.25) is 0 Å². The minimum Gasteiger partial charge on any atom is -0.485 e. The molecule has 1 aliphatic carbocycles. The summed E-state index contributed by atoms with van der Waals surface area (Å²) < 4.78 is 11.3. The number of carbonyl (C=O) groups is 1. The molecule has 0 radical (unpaired) electrons. The molecule has 1 unspecified atom stereocenters. The summed E-state index contributed by atoms with van der Waals surface area (Å²) in [7, 11) is 0. The monoisotopic (exact) mass is 322 g/mol. The Morgan fingerprint density at radius 1 is 1.04 bits per heavy atom. The molecule has 1 aliphatic heterocycles. The fourth-order valence-electron chi connectivity index (χ4n) is 3.06.